The molecule has 0 saturated heterocycles. The van der Waals surface area contributed by atoms with Crippen LogP contribution in [0.5, 0.6) is 0 Å². The number of amides is 1. The third-order valence-corrected chi connectivity index (χ3v) is 3.43. The van der Waals surface area contributed by atoms with Crippen LogP contribution in [0.3, 0.4) is 0 Å². The van der Waals surface area contributed by atoms with E-state index in [1.165, 1.54) is 0 Å². The molecular formula is C15H16BrN3O. The number of anilines is 1. The molecule has 0 fully saturated rings. The van der Waals surface area contributed by atoms with Crippen molar-refractivity contribution in [3.8, 4) is 0 Å². The maximum Gasteiger partial charge on any atom is 0.238 e. The van der Waals surface area contributed by atoms with Crippen LogP contribution >= 0.6 is 15.9 Å². The van der Waals surface area contributed by atoms with Gasteiger partial charge in [-0.25, -0.2) is 0 Å². The van der Waals surface area contributed by atoms with Gasteiger partial charge in [-0.1, -0.05) is 15.9 Å². The Morgan fingerprint density at radius 3 is 2.50 bits per heavy atom. The molecule has 20 heavy (non-hydrogen) atoms. The fourth-order valence-corrected chi connectivity index (χ4v) is 2.02. The summed E-state index contributed by atoms with van der Waals surface area (Å²) < 4.78 is 0.986. The second-order valence-corrected chi connectivity index (χ2v) is 5.35. The van der Waals surface area contributed by atoms with Crippen LogP contribution in [0.1, 0.15) is 18.5 Å². The molecule has 0 aliphatic heterocycles. The van der Waals surface area contributed by atoms with E-state index in [-0.39, 0.29) is 18.5 Å². The lowest BCUT2D eigenvalue weighted by Crippen LogP contribution is -2.30. The first-order valence-corrected chi connectivity index (χ1v) is 7.13. The maximum atomic E-state index is 11.8. The molecule has 4 nitrogen and oxygen atoms in total. The van der Waals surface area contributed by atoms with Crippen LogP contribution in [-0.2, 0) is 4.79 Å². The Morgan fingerprint density at radius 2 is 1.85 bits per heavy atom. The van der Waals surface area contributed by atoms with Gasteiger partial charge >= 0.3 is 0 Å². The zero-order valence-electron chi connectivity index (χ0n) is 11.1. The molecule has 2 aromatic rings. The van der Waals surface area contributed by atoms with Gasteiger partial charge in [-0.15, -0.1) is 0 Å². The third kappa shape index (κ3) is 4.43. The van der Waals surface area contributed by atoms with E-state index in [1.54, 1.807) is 12.4 Å². The zero-order valence-corrected chi connectivity index (χ0v) is 12.7. The molecule has 2 N–H and O–H groups in total. The van der Waals surface area contributed by atoms with Gasteiger partial charge in [0.1, 0.15) is 0 Å². The van der Waals surface area contributed by atoms with E-state index in [0.717, 1.165) is 15.7 Å². The second kappa shape index (κ2) is 7.17. The van der Waals surface area contributed by atoms with Crippen LogP contribution in [0.25, 0.3) is 0 Å². The minimum absolute atomic E-state index is 0.0618. The molecule has 0 spiro atoms. The summed E-state index contributed by atoms with van der Waals surface area (Å²) in [5.74, 6) is -0.0618. The van der Waals surface area contributed by atoms with Crippen LogP contribution < -0.4 is 10.6 Å². The van der Waals surface area contributed by atoms with Gasteiger partial charge in [0.15, 0.2) is 0 Å². The number of carbonyl (C=O) groups excluding carboxylic acids is 1. The molecule has 1 aromatic carbocycles. The molecule has 1 aromatic heterocycles. The monoisotopic (exact) mass is 333 g/mol. The summed E-state index contributed by atoms with van der Waals surface area (Å²) in [6.07, 6.45) is 3.49. The number of benzene rings is 1. The summed E-state index contributed by atoms with van der Waals surface area (Å²) in [5.41, 5.74) is 1.90. The minimum atomic E-state index is -0.0618. The maximum absolute atomic E-state index is 11.8. The molecule has 1 amide bonds. The number of hydrogen-bond acceptors (Lipinski definition) is 3. The van der Waals surface area contributed by atoms with Gasteiger partial charge in [-0.2, -0.15) is 0 Å². The molecule has 0 radical (unpaired) electrons. The van der Waals surface area contributed by atoms with Crippen molar-refractivity contribution in [2.75, 3.05) is 11.9 Å². The Hall–Kier alpha value is -1.72. The van der Waals surface area contributed by atoms with Crippen molar-refractivity contribution in [2.45, 2.75) is 13.0 Å². The number of pyridine rings is 1. The molecule has 2 rings (SSSR count). The van der Waals surface area contributed by atoms with Crippen LogP contribution in [0.2, 0.25) is 0 Å². The average molecular weight is 334 g/mol. The lowest BCUT2D eigenvalue weighted by Gasteiger charge is -2.13. The van der Waals surface area contributed by atoms with Gasteiger partial charge in [0.25, 0.3) is 0 Å². The number of halogens is 1. The Kier molecular flexibility index (Phi) is 5.26. The van der Waals surface area contributed by atoms with Crippen molar-refractivity contribution in [1.82, 2.24) is 10.3 Å². The van der Waals surface area contributed by atoms with E-state index in [4.69, 9.17) is 0 Å². The second-order valence-electron chi connectivity index (χ2n) is 4.44. The van der Waals surface area contributed by atoms with Crippen molar-refractivity contribution < 1.29 is 4.79 Å². The highest BCUT2D eigenvalue weighted by molar-refractivity contribution is 9.10. The Morgan fingerprint density at radius 1 is 1.20 bits per heavy atom. The number of nitrogens with zero attached hydrogens (tertiary/aromatic N) is 1. The summed E-state index contributed by atoms with van der Waals surface area (Å²) in [5, 5.41) is 6.02. The van der Waals surface area contributed by atoms with Crippen LogP contribution in [0.15, 0.2) is 53.3 Å². The van der Waals surface area contributed by atoms with Crippen LogP contribution in [0.4, 0.5) is 5.69 Å². The van der Waals surface area contributed by atoms with Gasteiger partial charge in [0.05, 0.1) is 6.54 Å². The van der Waals surface area contributed by atoms with Crippen molar-refractivity contribution in [1.29, 1.82) is 0 Å². The molecule has 1 heterocycles. The van der Waals surface area contributed by atoms with E-state index in [0.29, 0.717) is 0 Å². The number of aromatic nitrogens is 1. The Labute approximate surface area is 126 Å². The van der Waals surface area contributed by atoms with Gasteiger partial charge < -0.3 is 10.6 Å². The predicted octanol–water partition coefficient (Wildman–Crippen LogP) is 3.13. The molecule has 0 saturated carbocycles. The van der Waals surface area contributed by atoms with Crippen molar-refractivity contribution >= 4 is 27.5 Å². The van der Waals surface area contributed by atoms with Crippen molar-refractivity contribution in [3.05, 3.63) is 58.8 Å². The standard InChI is InChI=1S/C15H16BrN3O/c1-11(12-6-8-17-9-7-12)18-10-15(20)19-14-4-2-13(16)3-5-14/h2-9,11,18H,10H2,1H3,(H,19,20)/t11-/m0/s1. The fourth-order valence-electron chi connectivity index (χ4n) is 1.75. The highest BCUT2D eigenvalue weighted by atomic mass is 79.9. The van der Waals surface area contributed by atoms with E-state index in [1.807, 2.05) is 43.3 Å². The fraction of sp³-hybridized carbons (Fsp3) is 0.200. The van der Waals surface area contributed by atoms with E-state index in [9.17, 15) is 4.79 Å². The van der Waals surface area contributed by atoms with Crippen molar-refractivity contribution in [3.63, 3.8) is 0 Å². The quantitative estimate of drug-likeness (QED) is 0.883. The van der Waals surface area contributed by atoms with E-state index >= 15 is 0 Å². The number of carbonyl (C=O) groups is 1. The van der Waals surface area contributed by atoms with Crippen molar-refractivity contribution in [2.24, 2.45) is 0 Å². The largest absolute Gasteiger partial charge is 0.325 e. The van der Waals surface area contributed by atoms with Gasteiger partial charge in [0.2, 0.25) is 5.91 Å². The zero-order chi connectivity index (χ0) is 14.4. The first-order valence-electron chi connectivity index (χ1n) is 6.34. The molecule has 1 atom stereocenters. The average Bonchev–Trinajstić information content (AvgIpc) is 2.48. The summed E-state index contributed by atoms with van der Waals surface area (Å²) in [6, 6.07) is 11.5. The summed E-state index contributed by atoms with van der Waals surface area (Å²) in [4.78, 5) is 15.8. The normalized spacial score (nSPS) is 11.9. The molecule has 104 valence electrons. The minimum Gasteiger partial charge on any atom is -0.325 e. The van der Waals surface area contributed by atoms with Crippen LogP contribution in [-0.4, -0.2) is 17.4 Å². The molecule has 0 unspecified atom stereocenters. The highest BCUT2D eigenvalue weighted by Gasteiger charge is 2.07. The van der Waals surface area contributed by atoms with Gasteiger partial charge in [-0.05, 0) is 48.9 Å². The first kappa shape index (κ1) is 14.7. The third-order valence-electron chi connectivity index (χ3n) is 2.90. The highest BCUT2D eigenvalue weighted by Crippen LogP contribution is 2.14. The summed E-state index contributed by atoms with van der Waals surface area (Å²) in [6.45, 7) is 2.28. The smallest absolute Gasteiger partial charge is 0.238 e. The number of hydrogen-bond donors (Lipinski definition) is 2. The molecular weight excluding hydrogens is 318 g/mol. The van der Waals surface area contributed by atoms with E-state index in [2.05, 4.69) is 31.5 Å². The lowest BCUT2D eigenvalue weighted by atomic mass is 10.1. The number of rotatable bonds is 5. The van der Waals surface area contributed by atoms with Crippen LogP contribution in [0, 0.1) is 0 Å². The Bertz CT molecular complexity index is 557. The first-order chi connectivity index (χ1) is 9.65. The lowest BCUT2D eigenvalue weighted by molar-refractivity contribution is -0.115. The summed E-state index contributed by atoms with van der Waals surface area (Å²) in [7, 11) is 0. The summed E-state index contributed by atoms with van der Waals surface area (Å²) >= 11 is 3.36. The molecule has 0 bridgehead atoms. The molecule has 0 aliphatic rings. The van der Waals surface area contributed by atoms with Gasteiger partial charge in [-0.3, -0.25) is 9.78 Å². The SMILES string of the molecule is C[C@H](NCC(=O)Nc1ccc(Br)cc1)c1ccncc1. The van der Waals surface area contributed by atoms with E-state index < -0.39 is 0 Å². The molecule has 0 aliphatic carbocycles. The topological polar surface area (TPSA) is 54.0 Å². The number of nitrogens with one attached hydrogen (secondary N) is 2. The Balaban J connectivity index is 1.82. The van der Waals surface area contributed by atoms with Gasteiger partial charge in [0, 0.05) is 28.6 Å². The molecule has 5 heteroatoms. The predicted molar refractivity (Wildman–Crippen MR) is 83.4 cm³/mol.